The summed E-state index contributed by atoms with van der Waals surface area (Å²) in [5.41, 5.74) is 3.00. The van der Waals surface area contributed by atoms with E-state index in [0.29, 0.717) is 17.8 Å². The molecule has 0 aliphatic heterocycles. The topological polar surface area (TPSA) is 63.8 Å². The van der Waals surface area contributed by atoms with Gasteiger partial charge in [-0.15, -0.1) is 5.10 Å². The number of benzene rings is 2. The molecule has 0 bridgehead atoms. The quantitative estimate of drug-likeness (QED) is 0.628. The van der Waals surface area contributed by atoms with Gasteiger partial charge < -0.3 is 5.11 Å². The average molecular weight is 320 g/mol. The van der Waals surface area contributed by atoms with Crippen molar-refractivity contribution in [2.45, 2.75) is 6.54 Å². The average Bonchev–Trinajstić information content (AvgIpc) is 3.06. The van der Waals surface area contributed by atoms with E-state index in [1.165, 1.54) is 12.1 Å². The molecule has 4 rings (SSSR count). The van der Waals surface area contributed by atoms with Crippen molar-refractivity contribution in [3.05, 3.63) is 72.3 Å². The molecule has 4 aromatic rings. The third-order valence-electron chi connectivity index (χ3n) is 3.82. The number of phenolic OH excluding ortho intramolecular Hbond substituents is 1. The summed E-state index contributed by atoms with van der Waals surface area (Å²) >= 11 is 0. The molecule has 0 unspecified atom stereocenters. The Morgan fingerprint density at radius 1 is 1.04 bits per heavy atom. The number of rotatable bonds is 3. The van der Waals surface area contributed by atoms with E-state index in [1.807, 2.05) is 18.3 Å². The zero-order valence-corrected chi connectivity index (χ0v) is 12.6. The number of fused-ring (bicyclic) bond motifs is 1. The summed E-state index contributed by atoms with van der Waals surface area (Å²) in [6.07, 6.45) is 3.46. The van der Waals surface area contributed by atoms with Crippen molar-refractivity contribution in [2.24, 2.45) is 0 Å². The molecule has 0 aliphatic carbocycles. The fourth-order valence-corrected chi connectivity index (χ4v) is 2.66. The normalized spacial score (nSPS) is 11.0. The Kier molecular flexibility index (Phi) is 3.42. The van der Waals surface area contributed by atoms with Gasteiger partial charge in [-0.3, -0.25) is 4.98 Å². The fourth-order valence-electron chi connectivity index (χ4n) is 2.66. The minimum Gasteiger partial charge on any atom is -0.506 e. The Morgan fingerprint density at radius 2 is 1.88 bits per heavy atom. The molecule has 0 amide bonds. The Hall–Kier alpha value is -3.28. The number of phenols is 1. The van der Waals surface area contributed by atoms with Crippen LogP contribution < -0.4 is 0 Å². The number of halogens is 1. The molecule has 6 heteroatoms. The van der Waals surface area contributed by atoms with Gasteiger partial charge >= 0.3 is 0 Å². The molecule has 1 N–H and O–H groups in total. The standard InChI is InChI=1S/C18H13FN4O/c19-13-5-3-12(4-6-13)10-23-11-16(21-22-23)14-7-8-17(24)18-15(14)2-1-9-20-18/h1-9,11,24H,10H2. The van der Waals surface area contributed by atoms with Crippen molar-refractivity contribution >= 4 is 10.9 Å². The lowest BCUT2D eigenvalue weighted by Crippen LogP contribution is -2.00. The first-order valence-electron chi connectivity index (χ1n) is 7.42. The Balaban J connectivity index is 1.70. The second kappa shape index (κ2) is 5.73. The summed E-state index contributed by atoms with van der Waals surface area (Å²) in [5.74, 6) is -0.130. The van der Waals surface area contributed by atoms with E-state index in [4.69, 9.17) is 0 Å². The minimum absolute atomic E-state index is 0.132. The zero-order valence-electron chi connectivity index (χ0n) is 12.6. The predicted octanol–water partition coefficient (Wildman–Crippen LogP) is 3.39. The molecule has 24 heavy (non-hydrogen) atoms. The van der Waals surface area contributed by atoms with Crippen LogP contribution in [0.5, 0.6) is 5.75 Å². The number of nitrogens with zero attached hydrogens (tertiary/aromatic N) is 4. The molecule has 0 fully saturated rings. The Labute approximate surface area is 137 Å². The van der Waals surface area contributed by atoms with Gasteiger partial charge in [-0.2, -0.15) is 0 Å². The molecular formula is C18H13FN4O. The number of aromatic hydroxyl groups is 1. The van der Waals surface area contributed by atoms with Crippen LogP contribution in [0, 0.1) is 5.82 Å². The largest absolute Gasteiger partial charge is 0.506 e. The molecule has 2 aromatic heterocycles. The number of hydrogen-bond acceptors (Lipinski definition) is 4. The van der Waals surface area contributed by atoms with Gasteiger partial charge in [0.25, 0.3) is 0 Å². The fraction of sp³-hybridized carbons (Fsp3) is 0.0556. The highest BCUT2D eigenvalue weighted by atomic mass is 19.1. The van der Waals surface area contributed by atoms with Gasteiger partial charge in [-0.05, 0) is 35.9 Å². The first kappa shape index (κ1) is 14.3. The maximum absolute atomic E-state index is 13.0. The van der Waals surface area contributed by atoms with Crippen LogP contribution in [-0.2, 0) is 6.54 Å². The van der Waals surface area contributed by atoms with Crippen molar-refractivity contribution in [1.29, 1.82) is 0 Å². The maximum Gasteiger partial charge on any atom is 0.141 e. The van der Waals surface area contributed by atoms with E-state index in [-0.39, 0.29) is 11.6 Å². The summed E-state index contributed by atoms with van der Waals surface area (Å²) in [6.45, 7) is 0.502. The van der Waals surface area contributed by atoms with Gasteiger partial charge in [0.15, 0.2) is 0 Å². The van der Waals surface area contributed by atoms with Crippen LogP contribution in [0.15, 0.2) is 60.9 Å². The minimum atomic E-state index is -0.263. The third-order valence-corrected chi connectivity index (χ3v) is 3.82. The van der Waals surface area contributed by atoms with Crippen LogP contribution in [0.25, 0.3) is 22.2 Å². The molecule has 0 radical (unpaired) electrons. The summed E-state index contributed by atoms with van der Waals surface area (Å²) in [5, 5.41) is 19.1. The van der Waals surface area contributed by atoms with Gasteiger partial charge in [0.1, 0.15) is 22.8 Å². The van der Waals surface area contributed by atoms with Crippen molar-refractivity contribution < 1.29 is 9.50 Å². The van der Waals surface area contributed by atoms with Crippen LogP contribution in [0.1, 0.15) is 5.56 Å². The maximum atomic E-state index is 13.0. The summed E-state index contributed by atoms with van der Waals surface area (Å²) in [6, 6.07) is 13.4. The summed E-state index contributed by atoms with van der Waals surface area (Å²) in [4.78, 5) is 4.21. The molecule has 5 nitrogen and oxygen atoms in total. The van der Waals surface area contributed by atoms with Gasteiger partial charge in [-0.25, -0.2) is 9.07 Å². The van der Waals surface area contributed by atoms with Crippen LogP contribution in [-0.4, -0.2) is 25.1 Å². The lowest BCUT2D eigenvalue weighted by atomic mass is 10.1. The number of pyridine rings is 1. The molecule has 2 aromatic carbocycles. The van der Waals surface area contributed by atoms with E-state index in [0.717, 1.165) is 16.5 Å². The van der Waals surface area contributed by atoms with E-state index in [1.54, 1.807) is 35.1 Å². The highest BCUT2D eigenvalue weighted by Crippen LogP contribution is 2.31. The monoisotopic (exact) mass is 320 g/mol. The molecule has 0 spiro atoms. The molecule has 2 heterocycles. The van der Waals surface area contributed by atoms with E-state index in [2.05, 4.69) is 15.3 Å². The lowest BCUT2D eigenvalue weighted by Gasteiger charge is -2.04. The molecule has 0 saturated carbocycles. The number of aromatic nitrogens is 4. The van der Waals surface area contributed by atoms with Crippen molar-refractivity contribution in [2.75, 3.05) is 0 Å². The van der Waals surface area contributed by atoms with Gasteiger partial charge in [0, 0.05) is 17.1 Å². The Bertz CT molecular complexity index is 1010. The predicted molar refractivity (Wildman–Crippen MR) is 87.9 cm³/mol. The van der Waals surface area contributed by atoms with Gasteiger partial charge in [0.05, 0.1) is 12.7 Å². The van der Waals surface area contributed by atoms with Gasteiger partial charge in [0.2, 0.25) is 0 Å². The highest BCUT2D eigenvalue weighted by molar-refractivity contribution is 5.96. The highest BCUT2D eigenvalue weighted by Gasteiger charge is 2.11. The number of hydrogen-bond donors (Lipinski definition) is 1. The van der Waals surface area contributed by atoms with E-state index in [9.17, 15) is 9.50 Å². The van der Waals surface area contributed by atoms with E-state index < -0.39 is 0 Å². The lowest BCUT2D eigenvalue weighted by molar-refractivity contribution is 0.480. The molecular weight excluding hydrogens is 307 g/mol. The zero-order chi connectivity index (χ0) is 16.5. The first-order chi connectivity index (χ1) is 11.7. The second-order valence-electron chi connectivity index (χ2n) is 5.46. The molecule has 118 valence electrons. The van der Waals surface area contributed by atoms with Crippen LogP contribution in [0.3, 0.4) is 0 Å². The Morgan fingerprint density at radius 3 is 2.71 bits per heavy atom. The van der Waals surface area contributed by atoms with Crippen molar-refractivity contribution in [1.82, 2.24) is 20.0 Å². The second-order valence-corrected chi connectivity index (χ2v) is 5.46. The SMILES string of the molecule is Oc1ccc(-c2cn(Cc3ccc(F)cc3)nn2)c2cccnc12. The van der Waals surface area contributed by atoms with Crippen LogP contribution in [0.4, 0.5) is 4.39 Å². The molecule has 0 aliphatic rings. The van der Waals surface area contributed by atoms with Gasteiger partial charge in [-0.1, -0.05) is 23.4 Å². The first-order valence-corrected chi connectivity index (χ1v) is 7.42. The summed E-state index contributed by atoms with van der Waals surface area (Å²) < 4.78 is 14.7. The van der Waals surface area contributed by atoms with Crippen molar-refractivity contribution in [3.63, 3.8) is 0 Å². The van der Waals surface area contributed by atoms with E-state index >= 15 is 0 Å². The summed E-state index contributed by atoms with van der Waals surface area (Å²) in [7, 11) is 0. The molecule has 0 saturated heterocycles. The van der Waals surface area contributed by atoms with Crippen molar-refractivity contribution in [3.8, 4) is 17.0 Å². The molecule has 0 atom stereocenters. The third kappa shape index (κ3) is 2.58. The van der Waals surface area contributed by atoms with Crippen LogP contribution in [0.2, 0.25) is 0 Å². The smallest absolute Gasteiger partial charge is 0.141 e. The van der Waals surface area contributed by atoms with Crippen LogP contribution >= 0.6 is 0 Å².